The van der Waals surface area contributed by atoms with Crippen LogP contribution in [0, 0.1) is 27.8 Å². The molecular formula is C26H15FN2O7. The molecule has 1 aliphatic carbocycles. The van der Waals surface area contributed by atoms with E-state index in [0.717, 1.165) is 29.2 Å². The van der Waals surface area contributed by atoms with Gasteiger partial charge in [0.1, 0.15) is 5.82 Å². The highest BCUT2D eigenvalue weighted by atomic mass is 19.1. The molecule has 0 N–H and O–H groups in total. The predicted molar refractivity (Wildman–Crippen MR) is 121 cm³/mol. The number of amides is 2. The van der Waals surface area contributed by atoms with E-state index in [2.05, 4.69) is 0 Å². The van der Waals surface area contributed by atoms with Crippen LogP contribution in [0.5, 0.6) is 0 Å². The van der Waals surface area contributed by atoms with Gasteiger partial charge in [-0.2, -0.15) is 0 Å². The van der Waals surface area contributed by atoms with Crippen molar-refractivity contribution >= 4 is 34.8 Å². The molecule has 1 spiro atoms. The van der Waals surface area contributed by atoms with E-state index in [0.29, 0.717) is 5.56 Å². The molecule has 3 atom stereocenters. The molecule has 2 fully saturated rings. The van der Waals surface area contributed by atoms with E-state index in [1.807, 2.05) is 0 Å². The van der Waals surface area contributed by atoms with Gasteiger partial charge in [0.25, 0.3) is 5.69 Å². The highest BCUT2D eigenvalue weighted by Crippen LogP contribution is 2.57. The first-order chi connectivity index (χ1) is 17.3. The molecule has 0 aromatic heterocycles. The number of non-ortho nitro benzene ring substituents is 1. The van der Waals surface area contributed by atoms with Gasteiger partial charge in [0.2, 0.25) is 29.0 Å². The van der Waals surface area contributed by atoms with Crippen LogP contribution in [0.4, 0.5) is 15.8 Å². The van der Waals surface area contributed by atoms with Crippen LogP contribution in [0.1, 0.15) is 32.4 Å². The molecular weight excluding hydrogens is 471 g/mol. The van der Waals surface area contributed by atoms with E-state index in [-0.39, 0.29) is 22.5 Å². The number of halogens is 1. The number of anilines is 1. The molecule has 0 unspecified atom stereocenters. The summed E-state index contributed by atoms with van der Waals surface area (Å²) < 4.78 is 19.7. The monoisotopic (exact) mass is 486 g/mol. The lowest BCUT2D eigenvalue weighted by atomic mass is 9.77. The minimum atomic E-state index is -2.25. The van der Waals surface area contributed by atoms with Crippen molar-refractivity contribution < 1.29 is 33.2 Å². The second kappa shape index (κ2) is 7.46. The van der Waals surface area contributed by atoms with Crippen LogP contribution in [0.25, 0.3) is 0 Å². The molecule has 0 radical (unpaired) electrons. The third kappa shape index (κ3) is 2.73. The number of rotatable bonds is 3. The summed E-state index contributed by atoms with van der Waals surface area (Å²) in [6.45, 7) is 0. The van der Waals surface area contributed by atoms with Crippen LogP contribution in [0.2, 0.25) is 0 Å². The summed E-state index contributed by atoms with van der Waals surface area (Å²) >= 11 is 0. The fourth-order valence-corrected chi connectivity index (χ4v) is 5.45. The van der Waals surface area contributed by atoms with E-state index < -0.39 is 57.7 Å². The lowest BCUT2D eigenvalue weighted by Crippen LogP contribution is -2.51. The Morgan fingerprint density at radius 1 is 0.833 bits per heavy atom. The molecule has 0 bridgehead atoms. The number of imide groups is 1. The summed E-state index contributed by atoms with van der Waals surface area (Å²) in [5, 5.41) is 11.0. The maximum absolute atomic E-state index is 13.8. The van der Waals surface area contributed by atoms with Gasteiger partial charge in [-0.25, -0.2) is 9.29 Å². The Morgan fingerprint density at radius 3 is 1.97 bits per heavy atom. The highest BCUT2D eigenvalue weighted by Gasteiger charge is 2.74. The highest BCUT2D eigenvalue weighted by molar-refractivity contribution is 6.37. The summed E-state index contributed by atoms with van der Waals surface area (Å²) in [5.74, 6) is -6.23. The van der Waals surface area contributed by atoms with Gasteiger partial charge in [-0.1, -0.05) is 36.4 Å². The van der Waals surface area contributed by atoms with Crippen LogP contribution in [-0.4, -0.2) is 33.9 Å². The van der Waals surface area contributed by atoms with Crippen LogP contribution in [-0.2, 0) is 14.3 Å². The largest absolute Gasteiger partial charge is 0.349 e. The van der Waals surface area contributed by atoms with Gasteiger partial charge in [-0.15, -0.1) is 0 Å². The standard InChI is InChI=1S/C26H15FN2O7/c27-14-7-5-13(6-8-14)21-19-20(26(36-21)22(30)17-3-1-2-4-18(17)23(26)31)25(33)28(24(19)32)15-9-11-16(12-10-15)29(34)35/h1-12,19-21H/t19-,20-,21-/m0/s1. The molecule has 6 rings (SSSR count). The molecule has 36 heavy (non-hydrogen) atoms. The second-order valence-corrected chi connectivity index (χ2v) is 8.82. The van der Waals surface area contributed by atoms with Gasteiger partial charge in [-0.3, -0.25) is 29.3 Å². The SMILES string of the molecule is O=C1[C@H]2[C@@H](C(=O)N1c1ccc([N+](=O)[O-])cc1)C1(O[C@H]2c2ccc(F)cc2)C(=O)c2ccccc2C1=O. The summed E-state index contributed by atoms with van der Waals surface area (Å²) in [6, 6.07) is 15.9. The lowest BCUT2D eigenvalue weighted by molar-refractivity contribution is -0.384. The number of nitro groups is 1. The number of carbonyl (C=O) groups excluding carboxylic acids is 4. The maximum Gasteiger partial charge on any atom is 0.269 e. The van der Waals surface area contributed by atoms with Gasteiger partial charge in [0.15, 0.2) is 0 Å². The lowest BCUT2D eigenvalue weighted by Gasteiger charge is -2.27. The number of nitrogens with zero attached hydrogens (tertiary/aromatic N) is 2. The number of nitro benzene ring substituents is 1. The molecule has 3 aliphatic rings. The van der Waals surface area contributed by atoms with Crippen LogP contribution in [0.15, 0.2) is 72.8 Å². The molecule has 3 aromatic rings. The maximum atomic E-state index is 13.8. The first-order valence-corrected chi connectivity index (χ1v) is 11.0. The number of benzene rings is 3. The normalized spacial score (nSPS) is 23.9. The molecule has 2 amide bonds. The van der Waals surface area contributed by atoms with Gasteiger partial charge in [-0.05, 0) is 29.8 Å². The van der Waals surface area contributed by atoms with E-state index >= 15 is 0 Å². The minimum Gasteiger partial charge on any atom is -0.349 e. The first kappa shape index (κ1) is 21.9. The Kier molecular flexibility index (Phi) is 4.55. The van der Waals surface area contributed by atoms with Crippen molar-refractivity contribution in [1.29, 1.82) is 0 Å². The van der Waals surface area contributed by atoms with Crippen molar-refractivity contribution in [2.75, 3.05) is 4.90 Å². The molecule has 3 aromatic carbocycles. The number of ketones is 2. The predicted octanol–water partition coefficient (Wildman–Crippen LogP) is 3.43. The van der Waals surface area contributed by atoms with E-state index in [9.17, 15) is 33.7 Å². The third-order valence-corrected chi connectivity index (χ3v) is 7.04. The Morgan fingerprint density at radius 2 is 1.42 bits per heavy atom. The van der Waals surface area contributed by atoms with E-state index in [1.165, 1.54) is 36.4 Å². The zero-order valence-electron chi connectivity index (χ0n) is 18.3. The molecule has 9 nitrogen and oxygen atoms in total. The topological polar surface area (TPSA) is 124 Å². The summed E-state index contributed by atoms with van der Waals surface area (Å²) in [4.78, 5) is 66.0. The van der Waals surface area contributed by atoms with Crippen LogP contribution >= 0.6 is 0 Å². The zero-order valence-corrected chi connectivity index (χ0v) is 18.3. The number of fused-ring (bicyclic) bond motifs is 3. The summed E-state index contributed by atoms with van der Waals surface area (Å²) in [7, 11) is 0. The summed E-state index contributed by atoms with van der Waals surface area (Å²) in [5.41, 5.74) is -1.92. The molecule has 178 valence electrons. The molecule has 0 saturated carbocycles. The quantitative estimate of drug-likeness (QED) is 0.240. The minimum absolute atomic E-state index is 0.0633. The fraction of sp³-hybridized carbons (Fsp3) is 0.154. The molecule has 10 heteroatoms. The van der Waals surface area contributed by atoms with E-state index in [1.54, 1.807) is 12.1 Å². The number of ether oxygens (including phenoxy) is 1. The first-order valence-electron chi connectivity index (χ1n) is 11.0. The van der Waals surface area contributed by atoms with E-state index in [4.69, 9.17) is 4.74 Å². The van der Waals surface area contributed by atoms with Gasteiger partial charge in [0, 0.05) is 23.3 Å². The Labute approximate surface area is 202 Å². The molecule has 2 aliphatic heterocycles. The smallest absolute Gasteiger partial charge is 0.269 e. The van der Waals surface area contributed by atoms with Gasteiger partial charge >= 0.3 is 0 Å². The van der Waals surface area contributed by atoms with Crippen molar-refractivity contribution in [3.8, 4) is 0 Å². The third-order valence-electron chi connectivity index (χ3n) is 7.04. The van der Waals surface area contributed by atoms with Crippen molar-refractivity contribution in [3.63, 3.8) is 0 Å². The van der Waals surface area contributed by atoms with Crippen LogP contribution in [0.3, 0.4) is 0 Å². The Bertz CT molecular complexity index is 1460. The number of hydrogen-bond donors (Lipinski definition) is 0. The second-order valence-electron chi connectivity index (χ2n) is 8.82. The van der Waals surface area contributed by atoms with Crippen molar-refractivity contribution in [2.45, 2.75) is 11.7 Å². The fourth-order valence-electron chi connectivity index (χ4n) is 5.45. The Balaban J connectivity index is 1.51. The van der Waals surface area contributed by atoms with Crippen LogP contribution < -0.4 is 4.90 Å². The van der Waals surface area contributed by atoms with Gasteiger partial charge in [0.05, 0.1) is 28.6 Å². The number of Topliss-reactive ketones (excluding diaryl/α,β-unsaturated/α-hetero) is 2. The van der Waals surface area contributed by atoms with Crippen molar-refractivity contribution in [3.05, 3.63) is 105 Å². The van der Waals surface area contributed by atoms with Gasteiger partial charge < -0.3 is 4.74 Å². The average Bonchev–Trinajstić information content (AvgIpc) is 3.44. The van der Waals surface area contributed by atoms with Crippen molar-refractivity contribution in [1.82, 2.24) is 0 Å². The molecule has 2 saturated heterocycles. The average molecular weight is 486 g/mol. The summed E-state index contributed by atoms with van der Waals surface area (Å²) in [6.07, 6.45) is -1.18. The van der Waals surface area contributed by atoms with Crippen molar-refractivity contribution in [2.24, 2.45) is 11.8 Å². The molecule has 2 heterocycles. The zero-order chi connectivity index (χ0) is 25.4. The number of hydrogen-bond acceptors (Lipinski definition) is 7. The Hall–Kier alpha value is -4.57. The number of carbonyl (C=O) groups is 4.